The van der Waals surface area contributed by atoms with Crippen molar-refractivity contribution in [2.75, 3.05) is 19.0 Å². The molecule has 0 unspecified atom stereocenters. The molecule has 0 aliphatic carbocycles. The third-order valence-electron chi connectivity index (χ3n) is 4.38. The van der Waals surface area contributed by atoms with Crippen LogP contribution < -0.4 is 10.6 Å². The number of hydrogen-bond acceptors (Lipinski definition) is 5. The molecule has 3 aromatic rings. The number of carbonyl (C=O) groups is 3. The number of para-hydroxylation sites is 1. The van der Waals surface area contributed by atoms with Crippen molar-refractivity contribution in [1.82, 2.24) is 5.32 Å². The van der Waals surface area contributed by atoms with Crippen molar-refractivity contribution in [3.63, 3.8) is 0 Å². The summed E-state index contributed by atoms with van der Waals surface area (Å²) < 4.78 is 4.57. The number of esters is 1. The number of carbonyl (C=O) groups excluding carboxylic acids is 3. The van der Waals surface area contributed by atoms with Crippen LogP contribution >= 0.6 is 0 Å². The highest BCUT2D eigenvalue weighted by atomic mass is 16.5. The molecule has 3 rings (SSSR count). The zero-order valence-corrected chi connectivity index (χ0v) is 16.2. The first-order valence-corrected chi connectivity index (χ1v) is 9.13. The molecule has 3 N–H and O–H groups in total. The fourth-order valence-electron chi connectivity index (χ4n) is 2.82. The van der Waals surface area contributed by atoms with Gasteiger partial charge in [-0.05, 0) is 35.4 Å². The molecule has 0 heterocycles. The molecule has 0 aromatic heterocycles. The summed E-state index contributed by atoms with van der Waals surface area (Å²) in [5.74, 6) is -2.09. The van der Waals surface area contributed by atoms with E-state index in [1.807, 2.05) is 42.5 Å². The van der Waals surface area contributed by atoms with Crippen LogP contribution in [0.4, 0.5) is 5.69 Å². The minimum Gasteiger partial charge on any atom is -0.505 e. The van der Waals surface area contributed by atoms with E-state index in [1.165, 1.54) is 25.3 Å². The molecule has 3 aromatic carbocycles. The van der Waals surface area contributed by atoms with Crippen LogP contribution in [0.3, 0.4) is 0 Å². The standard InChI is InChI=1S/C23H20N2O5/c1-30-23(29)18-8-5-9-19(21(18)27)25-20(26)14-24-22(28)17-12-10-16(11-13-17)15-6-3-2-4-7-15/h2-13,27H,14H2,1H3,(H,24,28)(H,25,26). The average molecular weight is 404 g/mol. The Balaban J connectivity index is 1.59. The van der Waals surface area contributed by atoms with Crippen LogP contribution in [0.2, 0.25) is 0 Å². The number of phenols is 1. The lowest BCUT2D eigenvalue weighted by Crippen LogP contribution is -2.32. The van der Waals surface area contributed by atoms with Crippen molar-refractivity contribution < 1.29 is 24.2 Å². The minimum atomic E-state index is -0.726. The van der Waals surface area contributed by atoms with Crippen LogP contribution in [0.1, 0.15) is 20.7 Å². The summed E-state index contributed by atoms with van der Waals surface area (Å²) in [6, 6.07) is 21.1. The number of nitrogens with one attached hydrogen (secondary N) is 2. The summed E-state index contributed by atoms with van der Waals surface area (Å²) >= 11 is 0. The molecule has 30 heavy (non-hydrogen) atoms. The third kappa shape index (κ3) is 4.82. The Kier molecular flexibility index (Phi) is 6.44. The van der Waals surface area contributed by atoms with Gasteiger partial charge in [-0.1, -0.05) is 48.5 Å². The predicted molar refractivity (Wildman–Crippen MR) is 112 cm³/mol. The second-order valence-corrected chi connectivity index (χ2v) is 6.37. The first-order valence-electron chi connectivity index (χ1n) is 9.13. The van der Waals surface area contributed by atoms with E-state index in [9.17, 15) is 19.5 Å². The van der Waals surface area contributed by atoms with Gasteiger partial charge in [-0.2, -0.15) is 0 Å². The van der Waals surface area contributed by atoms with E-state index in [0.717, 1.165) is 11.1 Å². The summed E-state index contributed by atoms with van der Waals surface area (Å²) in [6.07, 6.45) is 0. The number of ether oxygens (including phenoxy) is 1. The number of rotatable bonds is 6. The maximum Gasteiger partial charge on any atom is 0.341 e. The molecular weight excluding hydrogens is 384 g/mol. The van der Waals surface area contributed by atoms with Crippen LogP contribution in [0.5, 0.6) is 5.75 Å². The number of amides is 2. The monoisotopic (exact) mass is 404 g/mol. The minimum absolute atomic E-state index is 0.0457. The van der Waals surface area contributed by atoms with Crippen LogP contribution in [0.15, 0.2) is 72.8 Å². The fourth-order valence-corrected chi connectivity index (χ4v) is 2.82. The summed E-state index contributed by atoms with van der Waals surface area (Å²) in [7, 11) is 1.19. The van der Waals surface area contributed by atoms with Gasteiger partial charge in [-0.15, -0.1) is 0 Å². The van der Waals surface area contributed by atoms with E-state index in [4.69, 9.17) is 0 Å². The van der Waals surface area contributed by atoms with Crippen molar-refractivity contribution in [3.8, 4) is 16.9 Å². The molecule has 0 aliphatic heterocycles. The van der Waals surface area contributed by atoms with Gasteiger partial charge in [0, 0.05) is 5.56 Å². The van der Waals surface area contributed by atoms with Crippen LogP contribution in [-0.4, -0.2) is 36.5 Å². The molecule has 0 atom stereocenters. The van der Waals surface area contributed by atoms with Crippen molar-refractivity contribution >= 4 is 23.5 Å². The SMILES string of the molecule is COC(=O)c1cccc(NC(=O)CNC(=O)c2ccc(-c3ccccc3)cc2)c1O. The Hall–Kier alpha value is -4.13. The summed E-state index contributed by atoms with van der Waals surface area (Å²) in [5.41, 5.74) is 2.41. The molecule has 0 aliphatic rings. The number of aromatic hydroxyl groups is 1. The van der Waals surface area contributed by atoms with E-state index in [0.29, 0.717) is 5.56 Å². The van der Waals surface area contributed by atoms with E-state index in [2.05, 4.69) is 15.4 Å². The van der Waals surface area contributed by atoms with Crippen molar-refractivity contribution in [2.24, 2.45) is 0 Å². The zero-order valence-electron chi connectivity index (χ0n) is 16.2. The van der Waals surface area contributed by atoms with Gasteiger partial charge < -0.3 is 20.5 Å². The lowest BCUT2D eigenvalue weighted by Gasteiger charge is -2.11. The Morgan fingerprint density at radius 3 is 2.20 bits per heavy atom. The smallest absolute Gasteiger partial charge is 0.341 e. The first-order chi connectivity index (χ1) is 14.5. The topological polar surface area (TPSA) is 105 Å². The second-order valence-electron chi connectivity index (χ2n) is 6.37. The number of methoxy groups -OCH3 is 1. The summed E-state index contributed by atoms with van der Waals surface area (Å²) in [6.45, 7) is -0.304. The quantitative estimate of drug-likeness (QED) is 0.432. The molecule has 7 heteroatoms. The maximum absolute atomic E-state index is 12.3. The number of hydrogen-bond donors (Lipinski definition) is 3. The largest absolute Gasteiger partial charge is 0.505 e. The molecule has 0 saturated heterocycles. The molecule has 152 valence electrons. The van der Waals surface area contributed by atoms with Gasteiger partial charge in [0.1, 0.15) is 5.56 Å². The predicted octanol–water partition coefficient (Wildman–Crippen LogP) is 3.21. The number of phenolic OH excluding ortho intramolecular Hbond substituents is 1. The van der Waals surface area contributed by atoms with Gasteiger partial charge in [-0.3, -0.25) is 9.59 Å². The van der Waals surface area contributed by atoms with Crippen LogP contribution in [0, 0.1) is 0 Å². The normalized spacial score (nSPS) is 10.2. The highest BCUT2D eigenvalue weighted by molar-refractivity contribution is 6.01. The first kappa shape index (κ1) is 20.6. The van der Waals surface area contributed by atoms with Gasteiger partial charge in [0.15, 0.2) is 5.75 Å². The molecule has 2 amide bonds. The van der Waals surface area contributed by atoms with E-state index in [-0.39, 0.29) is 17.8 Å². The Labute approximate surface area is 173 Å². The summed E-state index contributed by atoms with van der Waals surface area (Å²) in [5, 5.41) is 15.1. The molecule has 0 saturated carbocycles. The molecule has 7 nitrogen and oxygen atoms in total. The van der Waals surface area contributed by atoms with Crippen molar-refractivity contribution in [2.45, 2.75) is 0 Å². The zero-order chi connectivity index (χ0) is 21.5. The Bertz CT molecular complexity index is 1060. The molecule has 0 fully saturated rings. The second kappa shape index (κ2) is 9.38. The van der Waals surface area contributed by atoms with E-state index >= 15 is 0 Å². The van der Waals surface area contributed by atoms with Crippen LogP contribution in [-0.2, 0) is 9.53 Å². The van der Waals surface area contributed by atoms with E-state index in [1.54, 1.807) is 12.1 Å². The van der Waals surface area contributed by atoms with Gasteiger partial charge in [0.2, 0.25) is 5.91 Å². The molecule has 0 radical (unpaired) electrons. The highest BCUT2D eigenvalue weighted by Crippen LogP contribution is 2.27. The fraction of sp³-hybridized carbons (Fsp3) is 0.0870. The van der Waals surface area contributed by atoms with Crippen molar-refractivity contribution in [1.29, 1.82) is 0 Å². The molecule has 0 spiro atoms. The number of anilines is 1. The highest BCUT2D eigenvalue weighted by Gasteiger charge is 2.16. The maximum atomic E-state index is 12.3. The van der Waals surface area contributed by atoms with Gasteiger partial charge in [0.25, 0.3) is 5.91 Å². The lowest BCUT2D eigenvalue weighted by atomic mass is 10.0. The average Bonchev–Trinajstić information content (AvgIpc) is 2.79. The molecular formula is C23H20N2O5. The van der Waals surface area contributed by atoms with Gasteiger partial charge >= 0.3 is 5.97 Å². The van der Waals surface area contributed by atoms with Gasteiger partial charge in [-0.25, -0.2) is 4.79 Å². The lowest BCUT2D eigenvalue weighted by molar-refractivity contribution is -0.115. The Morgan fingerprint density at radius 1 is 0.867 bits per heavy atom. The molecule has 0 bridgehead atoms. The summed E-state index contributed by atoms with van der Waals surface area (Å²) in [4.78, 5) is 36.0. The third-order valence-corrected chi connectivity index (χ3v) is 4.38. The van der Waals surface area contributed by atoms with E-state index < -0.39 is 23.5 Å². The number of benzene rings is 3. The van der Waals surface area contributed by atoms with Crippen molar-refractivity contribution in [3.05, 3.63) is 83.9 Å². The van der Waals surface area contributed by atoms with Crippen LogP contribution in [0.25, 0.3) is 11.1 Å². The van der Waals surface area contributed by atoms with Gasteiger partial charge in [0.05, 0.1) is 19.3 Å². The Morgan fingerprint density at radius 2 is 1.53 bits per heavy atom.